The summed E-state index contributed by atoms with van der Waals surface area (Å²) in [6, 6.07) is -0.723. The number of hydrogen-bond donors (Lipinski definition) is 2. The summed E-state index contributed by atoms with van der Waals surface area (Å²) in [5.41, 5.74) is 6.02. The van der Waals surface area contributed by atoms with E-state index in [1.165, 1.54) is 7.05 Å². The fraction of sp³-hybridized carbons (Fsp3) is 0.786. The molecule has 2 fully saturated rings. The fourth-order valence-corrected chi connectivity index (χ4v) is 3.03. The summed E-state index contributed by atoms with van der Waals surface area (Å²) >= 11 is 0. The van der Waals surface area contributed by atoms with E-state index in [4.69, 9.17) is 5.73 Å². The van der Waals surface area contributed by atoms with Crippen LogP contribution in [-0.4, -0.2) is 41.8 Å². The predicted molar refractivity (Wildman–Crippen MR) is 73.4 cm³/mol. The van der Waals surface area contributed by atoms with E-state index in [0.717, 1.165) is 24.2 Å². The van der Waals surface area contributed by atoms with Crippen LogP contribution in [0.15, 0.2) is 0 Å². The number of likely N-dealkylation sites (N-methyl/N-ethyl adjacent to an activating group) is 1. The third-order valence-corrected chi connectivity index (χ3v) is 4.47. The Hall–Kier alpha value is -1.43. The molecule has 0 aromatic carbocycles. The van der Waals surface area contributed by atoms with Gasteiger partial charge in [0.1, 0.15) is 6.04 Å². The summed E-state index contributed by atoms with van der Waals surface area (Å²) in [6.07, 6.45) is 3.33. The third-order valence-electron chi connectivity index (χ3n) is 4.47. The molecule has 0 aromatic heterocycles. The number of hydrogen-bond acceptors (Lipinski definition) is 4. The van der Waals surface area contributed by atoms with Crippen LogP contribution in [0.25, 0.3) is 0 Å². The Morgan fingerprint density at radius 3 is 2.70 bits per heavy atom. The van der Waals surface area contributed by atoms with E-state index in [9.17, 15) is 14.4 Å². The van der Waals surface area contributed by atoms with Crippen LogP contribution < -0.4 is 11.1 Å². The number of carbonyl (C=O) groups excluding carboxylic acids is 3. The van der Waals surface area contributed by atoms with Crippen LogP contribution in [0.4, 0.5) is 0 Å². The molecule has 3 N–H and O–H groups in total. The minimum absolute atomic E-state index is 0.135. The van der Waals surface area contributed by atoms with Crippen molar-refractivity contribution >= 4 is 17.7 Å². The molecule has 4 atom stereocenters. The highest BCUT2D eigenvalue weighted by Gasteiger charge is 2.36. The second kappa shape index (κ2) is 5.91. The van der Waals surface area contributed by atoms with Crippen molar-refractivity contribution in [3.8, 4) is 0 Å². The maximum atomic E-state index is 12.3. The standard InChI is InChI=1S/C14H23N3O3/c1-8-3-4-10(15)9(7-8)13(19)16-11-5-6-12(18)17(2)14(11)20/h8-11H,3-7,15H2,1-2H3,(H,16,19). The number of rotatable bonds is 2. The Morgan fingerprint density at radius 1 is 1.30 bits per heavy atom. The zero-order chi connectivity index (χ0) is 14.9. The molecule has 0 aromatic rings. The van der Waals surface area contributed by atoms with Crippen molar-refractivity contribution in [2.24, 2.45) is 17.6 Å². The van der Waals surface area contributed by atoms with Crippen molar-refractivity contribution in [2.45, 2.75) is 51.1 Å². The number of nitrogens with two attached hydrogens (primary N) is 1. The molecule has 20 heavy (non-hydrogen) atoms. The molecule has 3 amide bonds. The van der Waals surface area contributed by atoms with Gasteiger partial charge in [-0.1, -0.05) is 6.92 Å². The van der Waals surface area contributed by atoms with Crippen LogP contribution in [0, 0.1) is 11.8 Å². The van der Waals surface area contributed by atoms with E-state index in [1.807, 2.05) is 0 Å². The molecule has 112 valence electrons. The van der Waals surface area contributed by atoms with Gasteiger partial charge in [0, 0.05) is 19.5 Å². The van der Waals surface area contributed by atoms with Gasteiger partial charge in [0.05, 0.1) is 5.92 Å². The number of amides is 3. The lowest BCUT2D eigenvalue weighted by Crippen LogP contribution is -2.55. The molecule has 6 heteroatoms. The minimum atomic E-state index is -0.588. The first-order chi connectivity index (χ1) is 9.40. The molecule has 4 unspecified atom stereocenters. The van der Waals surface area contributed by atoms with E-state index in [2.05, 4.69) is 12.2 Å². The molecule has 1 heterocycles. The van der Waals surface area contributed by atoms with Gasteiger partial charge in [0.2, 0.25) is 11.8 Å². The Labute approximate surface area is 119 Å². The maximum absolute atomic E-state index is 12.3. The molecule has 0 spiro atoms. The number of piperidine rings is 1. The predicted octanol–water partition coefficient (Wildman–Crippen LogP) is 0.0135. The summed E-state index contributed by atoms with van der Waals surface area (Å²) < 4.78 is 0. The molecule has 1 saturated carbocycles. The second-order valence-electron chi connectivity index (χ2n) is 6.08. The molecule has 6 nitrogen and oxygen atoms in total. The Balaban J connectivity index is 1.97. The van der Waals surface area contributed by atoms with Gasteiger partial charge in [-0.3, -0.25) is 19.3 Å². The minimum Gasteiger partial charge on any atom is -0.344 e. The Morgan fingerprint density at radius 2 is 2.00 bits per heavy atom. The molecule has 2 aliphatic rings. The average molecular weight is 281 g/mol. The summed E-state index contributed by atoms with van der Waals surface area (Å²) in [5.74, 6) is -0.410. The highest BCUT2D eigenvalue weighted by molar-refractivity contribution is 6.01. The van der Waals surface area contributed by atoms with Crippen LogP contribution in [0.2, 0.25) is 0 Å². The molecule has 2 rings (SSSR count). The van der Waals surface area contributed by atoms with Crippen molar-refractivity contribution in [2.75, 3.05) is 7.05 Å². The summed E-state index contributed by atoms with van der Waals surface area (Å²) in [6.45, 7) is 2.12. The van der Waals surface area contributed by atoms with E-state index in [1.54, 1.807) is 0 Å². The molecular weight excluding hydrogens is 258 g/mol. The zero-order valence-corrected chi connectivity index (χ0v) is 12.1. The fourth-order valence-electron chi connectivity index (χ4n) is 3.03. The second-order valence-corrected chi connectivity index (χ2v) is 6.08. The van der Waals surface area contributed by atoms with Crippen LogP contribution >= 0.6 is 0 Å². The molecular formula is C14H23N3O3. The number of nitrogens with one attached hydrogen (secondary N) is 1. The van der Waals surface area contributed by atoms with Crippen LogP contribution in [0.3, 0.4) is 0 Å². The number of likely N-dealkylation sites (tertiary alicyclic amines) is 1. The number of nitrogens with zero attached hydrogens (tertiary/aromatic N) is 1. The normalized spacial score (nSPS) is 35.0. The molecule has 1 saturated heterocycles. The van der Waals surface area contributed by atoms with Gasteiger partial charge in [0.25, 0.3) is 5.91 Å². The van der Waals surface area contributed by atoms with E-state index >= 15 is 0 Å². The van der Waals surface area contributed by atoms with Crippen molar-refractivity contribution < 1.29 is 14.4 Å². The lowest BCUT2D eigenvalue weighted by atomic mass is 9.78. The number of imide groups is 1. The van der Waals surface area contributed by atoms with Crippen LogP contribution in [0.1, 0.15) is 39.0 Å². The van der Waals surface area contributed by atoms with Crippen LogP contribution in [0.5, 0.6) is 0 Å². The quantitative estimate of drug-likeness (QED) is 0.698. The van der Waals surface area contributed by atoms with Gasteiger partial charge in [-0.2, -0.15) is 0 Å². The monoisotopic (exact) mass is 281 g/mol. The van der Waals surface area contributed by atoms with E-state index < -0.39 is 6.04 Å². The van der Waals surface area contributed by atoms with Crippen LogP contribution in [-0.2, 0) is 14.4 Å². The summed E-state index contributed by atoms with van der Waals surface area (Å²) in [4.78, 5) is 36.8. The first-order valence-electron chi connectivity index (χ1n) is 7.26. The van der Waals surface area contributed by atoms with Crippen molar-refractivity contribution in [3.05, 3.63) is 0 Å². The highest BCUT2D eigenvalue weighted by atomic mass is 16.2. The van der Waals surface area contributed by atoms with E-state index in [-0.39, 0.29) is 29.7 Å². The topological polar surface area (TPSA) is 92.5 Å². The van der Waals surface area contributed by atoms with Gasteiger partial charge in [-0.05, 0) is 31.6 Å². The van der Waals surface area contributed by atoms with Gasteiger partial charge in [-0.15, -0.1) is 0 Å². The average Bonchev–Trinajstić information content (AvgIpc) is 2.42. The van der Waals surface area contributed by atoms with Gasteiger partial charge in [-0.25, -0.2) is 0 Å². The number of carbonyl (C=O) groups is 3. The highest BCUT2D eigenvalue weighted by Crippen LogP contribution is 2.28. The van der Waals surface area contributed by atoms with Crippen molar-refractivity contribution in [1.82, 2.24) is 10.2 Å². The largest absolute Gasteiger partial charge is 0.344 e. The van der Waals surface area contributed by atoms with E-state index in [0.29, 0.717) is 18.8 Å². The zero-order valence-electron chi connectivity index (χ0n) is 12.1. The van der Waals surface area contributed by atoms with Crippen molar-refractivity contribution in [3.63, 3.8) is 0 Å². The first kappa shape index (κ1) is 15.0. The summed E-state index contributed by atoms with van der Waals surface area (Å²) in [5, 5.41) is 2.78. The first-order valence-corrected chi connectivity index (χ1v) is 7.26. The smallest absolute Gasteiger partial charge is 0.251 e. The molecule has 1 aliphatic heterocycles. The third kappa shape index (κ3) is 3.00. The molecule has 0 radical (unpaired) electrons. The molecule has 1 aliphatic carbocycles. The van der Waals surface area contributed by atoms with Gasteiger partial charge in [0.15, 0.2) is 0 Å². The lowest BCUT2D eigenvalue weighted by Gasteiger charge is -2.34. The summed E-state index contributed by atoms with van der Waals surface area (Å²) in [7, 11) is 1.46. The van der Waals surface area contributed by atoms with Gasteiger partial charge < -0.3 is 11.1 Å². The SMILES string of the molecule is CC1CCC(N)C(C(=O)NC2CCC(=O)N(C)C2=O)C1. The Bertz CT molecular complexity index is 424. The maximum Gasteiger partial charge on any atom is 0.251 e. The van der Waals surface area contributed by atoms with Crippen molar-refractivity contribution in [1.29, 1.82) is 0 Å². The Kier molecular flexibility index (Phi) is 4.42. The lowest BCUT2D eigenvalue weighted by molar-refractivity contribution is -0.150. The van der Waals surface area contributed by atoms with Gasteiger partial charge >= 0.3 is 0 Å². The molecule has 0 bridgehead atoms.